The molecule has 1 aromatic heterocycles. The van der Waals surface area contributed by atoms with Crippen LogP contribution >= 0.6 is 0 Å². The summed E-state index contributed by atoms with van der Waals surface area (Å²) in [6.07, 6.45) is 6.59. The number of aromatic nitrogens is 1. The van der Waals surface area contributed by atoms with E-state index in [9.17, 15) is 9.59 Å². The van der Waals surface area contributed by atoms with E-state index in [1.54, 1.807) is 24.9 Å². The number of nitrogens with one attached hydrogen (secondary N) is 1. The molecule has 1 aromatic carbocycles. The second-order valence-electron chi connectivity index (χ2n) is 10.4. The second-order valence-corrected chi connectivity index (χ2v) is 10.4. The molecular formula is C30H43N3O5. The van der Waals surface area contributed by atoms with Gasteiger partial charge in [-0.05, 0) is 86.4 Å². The summed E-state index contributed by atoms with van der Waals surface area (Å²) in [6.45, 7) is 6.35. The highest BCUT2D eigenvalue weighted by Gasteiger charge is 2.40. The standard InChI is InChI=1S/C30H43N3O5/c1-4-32-12-10-24(19-29(32)34)27-9-11-31-20-28(27)30(35)33(25-7-8-25)21-23-16-22(6-5-13-36-2)17-26(18-23)38-15-14-37-3/h10,12,16-19,25,27-28,31H,4-9,11,13-15,20-21H2,1-3H3/t27-,28?/m1/s1. The molecule has 1 saturated carbocycles. The number of rotatable bonds is 14. The number of carbonyl (C=O) groups excluding carboxylic acids is 1. The Morgan fingerprint density at radius 1 is 1.05 bits per heavy atom. The molecule has 1 unspecified atom stereocenters. The van der Waals surface area contributed by atoms with Crippen molar-refractivity contribution >= 4 is 5.91 Å². The maximum Gasteiger partial charge on any atom is 0.250 e. The summed E-state index contributed by atoms with van der Waals surface area (Å²) in [4.78, 5) is 28.7. The number of nitrogens with zero attached hydrogens (tertiary/aromatic N) is 2. The Balaban J connectivity index is 1.55. The van der Waals surface area contributed by atoms with Crippen molar-refractivity contribution in [3.8, 4) is 5.75 Å². The third kappa shape index (κ3) is 7.46. The zero-order valence-electron chi connectivity index (χ0n) is 23.1. The number of aryl methyl sites for hydroxylation is 2. The second kappa shape index (κ2) is 13.9. The minimum Gasteiger partial charge on any atom is -0.491 e. The first-order valence-electron chi connectivity index (χ1n) is 14.0. The number of amides is 1. The molecule has 0 spiro atoms. The van der Waals surface area contributed by atoms with Crippen LogP contribution in [0.5, 0.6) is 5.75 Å². The molecule has 1 aliphatic heterocycles. The van der Waals surface area contributed by atoms with Crippen LogP contribution in [-0.2, 0) is 33.8 Å². The van der Waals surface area contributed by atoms with E-state index >= 15 is 0 Å². The first-order chi connectivity index (χ1) is 18.5. The number of ether oxygens (including phenoxy) is 3. The Morgan fingerprint density at radius 2 is 1.84 bits per heavy atom. The summed E-state index contributed by atoms with van der Waals surface area (Å²) >= 11 is 0. The van der Waals surface area contributed by atoms with Crippen LogP contribution in [0.25, 0.3) is 0 Å². The first-order valence-corrected chi connectivity index (χ1v) is 14.0. The molecule has 2 aromatic rings. The normalized spacial score (nSPS) is 19.3. The van der Waals surface area contributed by atoms with Gasteiger partial charge in [-0.15, -0.1) is 0 Å². The lowest BCUT2D eigenvalue weighted by Crippen LogP contribution is -2.47. The predicted octanol–water partition coefficient (Wildman–Crippen LogP) is 3.36. The average molecular weight is 526 g/mol. The van der Waals surface area contributed by atoms with Crippen LogP contribution in [-0.4, -0.2) is 68.5 Å². The van der Waals surface area contributed by atoms with Gasteiger partial charge < -0.3 is 29.0 Å². The molecule has 1 N–H and O–H groups in total. The van der Waals surface area contributed by atoms with Gasteiger partial charge in [0.15, 0.2) is 0 Å². The molecule has 0 bridgehead atoms. The minimum atomic E-state index is -0.191. The maximum absolute atomic E-state index is 14.1. The lowest BCUT2D eigenvalue weighted by atomic mass is 9.80. The molecule has 2 heterocycles. The molecule has 4 rings (SSSR count). The highest BCUT2D eigenvalue weighted by molar-refractivity contribution is 5.81. The number of methoxy groups -OCH3 is 2. The number of hydrogen-bond acceptors (Lipinski definition) is 6. The van der Waals surface area contributed by atoms with Gasteiger partial charge in [-0.1, -0.05) is 6.07 Å². The summed E-state index contributed by atoms with van der Waals surface area (Å²) in [5.41, 5.74) is 3.24. The third-order valence-corrected chi connectivity index (χ3v) is 7.61. The summed E-state index contributed by atoms with van der Waals surface area (Å²) in [6, 6.07) is 10.4. The molecule has 8 nitrogen and oxygen atoms in total. The van der Waals surface area contributed by atoms with E-state index < -0.39 is 0 Å². The molecule has 1 saturated heterocycles. The molecule has 1 aliphatic carbocycles. The van der Waals surface area contributed by atoms with Crippen LogP contribution in [0, 0.1) is 5.92 Å². The first kappa shape index (κ1) is 28.3. The SMILES string of the molecule is CCn1ccc([C@H]2CCNCC2C(=O)N(Cc2cc(CCCOC)cc(OCCOC)c2)C2CC2)cc1=O. The van der Waals surface area contributed by atoms with E-state index in [4.69, 9.17) is 14.2 Å². The molecule has 38 heavy (non-hydrogen) atoms. The molecule has 2 atom stereocenters. The van der Waals surface area contributed by atoms with Crippen molar-refractivity contribution in [2.24, 2.45) is 5.92 Å². The van der Waals surface area contributed by atoms with Gasteiger partial charge in [0.2, 0.25) is 5.91 Å². The van der Waals surface area contributed by atoms with Gasteiger partial charge in [0.1, 0.15) is 12.4 Å². The summed E-state index contributed by atoms with van der Waals surface area (Å²) < 4.78 is 18.1. The van der Waals surface area contributed by atoms with Gasteiger partial charge in [-0.3, -0.25) is 9.59 Å². The van der Waals surface area contributed by atoms with E-state index in [0.717, 1.165) is 55.5 Å². The lowest BCUT2D eigenvalue weighted by molar-refractivity contribution is -0.138. The predicted molar refractivity (Wildman–Crippen MR) is 148 cm³/mol. The Bertz CT molecular complexity index is 1090. The van der Waals surface area contributed by atoms with Crippen LogP contribution < -0.4 is 15.6 Å². The van der Waals surface area contributed by atoms with Gasteiger partial charge in [-0.25, -0.2) is 0 Å². The number of benzene rings is 1. The number of carbonyl (C=O) groups is 1. The Kier molecular flexibility index (Phi) is 10.4. The lowest BCUT2D eigenvalue weighted by Gasteiger charge is -2.36. The van der Waals surface area contributed by atoms with Crippen LogP contribution in [0.2, 0.25) is 0 Å². The minimum absolute atomic E-state index is 0.0000658. The van der Waals surface area contributed by atoms with E-state index in [1.807, 2.05) is 19.2 Å². The molecule has 2 fully saturated rings. The van der Waals surface area contributed by atoms with E-state index in [1.165, 1.54) is 5.56 Å². The summed E-state index contributed by atoms with van der Waals surface area (Å²) in [5, 5.41) is 3.43. The quantitative estimate of drug-likeness (QED) is 0.381. The topological polar surface area (TPSA) is 82.0 Å². The number of piperidine rings is 1. The average Bonchev–Trinajstić information content (AvgIpc) is 3.77. The molecule has 1 amide bonds. The van der Waals surface area contributed by atoms with Crippen LogP contribution in [0.1, 0.15) is 55.2 Å². The van der Waals surface area contributed by atoms with Crippen molar-refractivity contribution in [2.45, 2.75) is 64.1 Å². The van der Waals surface area contributed by atoms with Gasteiger partial charge in [0.25, 0.3) is 5.56 Å². The highest BCUT2D eigenvalue weighted by atomic mass is 16.5. The number of hydrogen-bond donors (Lipinski definition) is 1. The van der Waals surface area contributed by atoms with Crippen molar-refractivity contribution in [3.63, 3.8) is 0 Å². The van der Waals surface area contributed by atoms with Gasteiger partial charge in [0, 0.05) is 58.8 Å². The monoisotopic (exact) mass is 525 g/mol. The van der Waals surface area contributed by atoms with Crippen LogP contribution in [0.3, 0.4) is 0 Å². The maximum atomic E-state index is 14.1. The zero-order chi connectivity index (χ0) is 26.9. The van der Waals surface area contributed by atoms with E-state index in [0.29, 0.717) is 39.5 Å². The van der Waals surface area contributed by atoms with Crippen molar-refractivity contribution < 1.29 is 19.0 Å². The Labute approximate surface area is 226 Å². The smallest absolute Gasteiger partial charge is 0.250 e. The zero-order valence-corrected chi connectivity index (χ0v) is 23.1. The Morgan fingerprint density at radius 3 is 2.55 bits per heavy atom. The third-order valence-electron chi connectivity index (χ3n) is 7.61. The molecule has 2 aliphatic rings. The molecule has 8 heteroatoms. The summed E-state index contributed by atoms with van der Waals surface area (Å²) in [5.74, 6) is 0.834. The fourth-order valence-corrected chi connectivity index (χ4v) is 5.43. The van der Waals surface area contributed by atoms with Crippen molar-refractivity contribution in [1.29, 1.82) is 0 Å². The molecule has 0 radical (unpaired) electrons. The number of pyridine rings is 1. The van der Waals surface area contributed by atoms with Gasteiger partial charge >= 0.3 is 0 Å². The van der Waals surface area contributed by atoms with Crippen molar-refractivity contribution in [3.05, 3.63) is 63.6 Å². The largest absolute Gasteiger partial charge is 0.491 e. The van der Waals surface area contributed by atoms with Gasteiger partial charge in [-0.2, -0.15) is 0 Å². The Hall–Kier alpha value is -2.68. The van der Waals surface area contributed by atoms with Crippen LogP contribution in [0.4, 0.5) is 0 Å². The fourth-order valence-electron chi connectivity index (χ4n) is 5.43. The fraction of sp³-hybridized carbons (Fsp3) is 0.600. The van der Waals surface area contributed by atoms with E-state index in [-0.39, 0.29) is 29.3 Å². The van der Waals surface area contributed by atoms with Crippen LogP contribution in [0.15, 0.2) is 41.3 Å². The summed E-state index contributed by atoms with van der Waals surface area (Å²) in [7, 11) is 3.38. The molecular weight excluding hydrogens is 482 g/mol. The highest BCUT2D eigenvalue weighted by Crippen LogP contribution is 2.36. The van der Waals surface area contributed by atoms with Crippen molar-refractivity contribution in [2.75, 3.05) is 47.1 Å². The molecule has 208 valence electrons. The van der Waals surface area contributed by atoms with E-state index in [2.05, 4.69) is 28.4 Å². The van der Waals surface area contributed by atoms with Crippen molar-refractivity contribution in [1.82, 2.24) is 14.8 Å². The van der Waals surface area contributed by atoms with Gasteiger partial charge in [0.05, 0.1) is 12.5 Å².